The van der Waals surface area contributed by atoms with Gasteiger partial charge in [-0.25, -0.2) is 4.98 Å². The Bertz CT molecular complexity index is 736. The third kappa shape index (κ3) is 3.28. The van der Waals surface area contributed by atoms with Gasteiger partial charge in [-0.05, 0) is 30.5 Å². The van der Waals surface area contributed by atoms with Crippen molar-refractivity contribution in [2.75, 3.05) is 5.75 Å². The maximum Gasteiger partial charge on any atom is 0.230 e. The van der Waals surface area contributed by atoms with Crippen LogP contribution in [0.5, 0.6) is 0 Å². The topological polar surface area (TPSA) is 46.4 Å². The molecule has 0 saturated carbocycles. The van der Waals surface area contributed by atoms with Gasteiger partial charge in [0.25, 0.3) is 0 Å². The van der Waals surface area contributed by atoms with Crippen molar-refractivity contribution >= 4 is 34.5 Å². The van der Waals surface area contributed by atoms with Gasteiger partial charge in [0.1, 0.15) is 0 Å². The van der Waals surface area contributed by atoms with Crippen LogP contribution >= 0.6 is 23.1 Å². The van der Waals surface area contributed by atoms with Gasteiger partial charge in [-0.3, -0.25) is 9.20 Å². The summed E-state index contributed by atoms with van der Waals surface area (Å²) in [7, 11) is 0. The standard InChI is InChI=1S/C15H15N3OS2/c1-11(13-6-4-8-20-13)17-14(19)10-21-15-16-9-12-5-2-3-7-18(12)15/h2-9,11H,10H2,1H3,(H,17,19)/t11-/m0/s1. The number of nitrogens with one attached hydrogen (secondary N) is 1. The molecule has 4 nitrogen and oxygen atoms in total. The molecule has 6 heteroatoms. The molecule has 0 fully saturated rings. The first-order chi connectivity index (χ1) is 10.2. The second-order valence-electron chi connectivity index (χ2n) is 4.63. The Labute approximate surface area is 131 Å². The highest BCUT2D eigenvalue weighted by molar-refractivity contribution is 7.99. The molecule has 3 heterocycles. The molecule has 3 rings (SSSR count). The highest BCUT2D eigenvalue weighted by Gasteiger charge is 2.12. The van der Waals surface area contributed by atoms with E-state index in [1.165, 1.54) is 16.6 Å². The molecule has 0 aliphatic heterocycles. The van der Waals surface area contributed by atoms with E-state index >= 15 is 0 Å². The van der Waals surface area contributed by atoms with Crippen LogP contribution in [0.1, 0.15) is 17.8 Å². The van der Waals surface area contributed by atoms with Crippen molar-refractivity contribution in [3.8, 4) is 0 Å². The van der Waals surface area contributed by atoms with Gasteiger partial charge in [0.05, 0.1) is 23.5 Å². The molecule has 0 aromatic carbocycles. The Morgan fingerprint density at radius 2 is 2.33 bits per heavy atom. The molecule has 21 heavy (non-hydrogen) atoms. The highest BCUT2D eigenvalue weighted by atomic mass is 32.2. The molecule has 108 valence electrons. The van der Waals surface area contributed by atoms with E-state index in [2.05, 4.69) is 10.3 Å². The number of pyridine rings is 1. The first-order valence-electron chi connectivity index (χ1n) is 6.61. The van der Waals surface area contributed by atoms with E-state index in [9.17, 15) is 4.79 Å². The number of aromatic nitrogens is 2. The van der Waals surface area contributed by atoms with Crippen molar-refractivity contribution < 1.29 is 4.79 Å². The minimum atomic E-state index is 0.0218. The fourth-order valence-electron chi connectivity index (χ4n) is 2.05. The number of nitrogens with zero attached hydrogens (tertiary/aromatic N) is 2. The number of hydrogen-bond acceptors (Lipinski definition) is 4. The van der Waals surface area contributed by atoms with Crippen molar-refractivity contribution in [3.63, 3.8) is 0 Å². The minimum absolute atomic E-state index is 0.0218. The predicted molar refractivity (Wildman–Crippen MR) is 86.8 cm³/mol. The van der Waals surface area contributed by atoms with Gasteiger partial charge < -0.3 is 5.32 Å². The summed E-state index contributed by atoms with van der Waals surface area (Å²) in [6.45, 7) is 2.00. The zero-order chi connectivity index (χ0) is 14.7. The number of fused-ring (bicyclic) bond motifs is 1. The molecule has 1 amide bonds. The number of thioether (sulfide) groups is 1. The summed E-state index contributed by atoms with van der Waals surface area (Å²) in [6.07, 6.45) is 3.77. The monoisotopic (exact) mass is 317 g/mol. The van der Waals surface area contributed by atoms with Crippen molar-refractivity contribution in [3.05, 3.63) is 53.0 Å². The molecule has 0 unspecified atom stereocenters. The zero-order valence-corrected chi connectivity index (χ0v) is 13.2. The lowest BCUT2D eigenvalue weighted by Gasteiger charge is -2.11. The average Bonchev–Trinajstić information content (AvgIpc) is 3.15. The molecule has 0 aliphatic carbocycles. The van der Waals surface area contributed by atoms with Gasteiger partial charge in [0, 0.05) is 11.1 Å². The minimum Gasteiger partial charge on any atom is -0.348 e. The Balaban J connectivity index is 1.58. The first-order valence-corrected chi connectivity index (χ1v) is 8.48. The summed E-state index contributed by atoms with van der Waals surface area (Å²) in [6, 6.07) is 10.0. The van der Waals surface area contributed by atoms with Gasteiger partial charge in [-0.15, -0.1) is 11.3 Å². The zero-order valence-electron chi connectivity index (χ0n) is 11.5. The third-order valence-corrected chi connectivity index (χ3v) is 5.11. The van der Waals surface area contributed by atoms with E-state index < -0.39 is 0 Å². The lowest BCUT2D eigenvalue weighted by Crippen LogP contribution is -2.27. The largest absolute Gasteiger partial charge is 0.348 e. The molecule has 3 aromatic rings. The van der Waals surface area contributed by atoms with Crippen molar-refractivity contribution in [1.29, 1.82) is 0 Å². The summed E-state index contributed by atoms with van der Waals surface area (Å²) in [4.78, 5) is 17.5. The van der Waals surface area contributed by atoms with Crippen molar-refractivity contribution in [1.82, 2.24) is 14.7 Å². The van der Waals surface area contributed by atoms with Crippen LogP contribution in [0.3, 0.4) is 0 Å². The summed E-state index contributed by atoms with van der Waals surface area (Å²) in [5.74, 6) is 0.387. The summed E-state index contributed by atoms with van der Waals surface area (Å²) in [5.41, 5.74) is 1.03. The molecule has 0 saturated heterocycles. The molecule has 0 bridgehead atoms. The van der Waals surface area contributed by atoms with Crippen molar-refractivity contribution in [2.45, 2.75) is 18.1 Å². The van der Waals surface area contributed by atoms with Gasteiger partial charge >= 0.3 is 0 Å². The fourth-order valence-corrected chi connectivity index (χ4v) is 3.56. The smallest absolute Gasteiger partial charge is 0.230 e. The first kappa shape index (κ1) is 14.2. The quantitative estimate of drug-likeness (QED) is 0.734. The Morgan fingerprint density at radius 1 is 1.43 bits per heavy atom. The molecule has 3 aromatic heterocycles. The molecule has 1 atom stereocenters. The predicted octanol–water partition coefficient (Wildman–Crippen LogP) is 3.37. The van der Waals surface area contributed by atoms with Crippen molar-refractivity contribution in [2.24, 2.45) is 0 Å². The lowest BCUT2D eigenvalue weighted by molar-refractivity contribution is -0.119. The van der Waals surface area contributed by atoms with Gasteiger partial charge in [0.15, 0.2) is 5.16 Å². The van der Waals surface area contributed by atoms with Crippen LogP contribution in [0, 0.1) is 0 Å². The Hall–Kier alpha value is -1.79. The van der Waals surface area contributed by atoms with E-state index in [1.807, 2.05) is 59.4 Å². The molecular weight excluding hydrogens is 302 g/mol. The molecule has 0 aliphatic rings. The number of thiophene rings is 1. The summed E-state index contributed by atoms with van der Waals surface area (Å²) >= 11 is 3.10. The fraction of sp³-hybridized carbons (Fsp3) is 0.200. The number of hydrogen-bond donors (Lipinski definition) is 1. The van der Waals surface area contributed by atoms with Gasteiger partial charge in [-0.1, -0.05) is 23.9 Å². The maximum atomic E-state index is 12.0. The van der Waals surface area contributed by atoms with Crippen LogP contribution < -0.4 is 5.32 Å². The number of carbonyl (C=O) groups is 1. The van der Waals surface area contributed by atoms with Gasteiger partial charge in [0.2, 0.25) is 5.91 Å². The third-order valence-electron chi connectivity index (χ3n) is 3.08. The Morgan fingerprint density at radius 3 is 3.14 bits per heavy atom. The number of carbonyl (C=O) groups excluding carboxylic acids is 1. The van der Waals surface area contributed by atoms with Crippen LogP contribution in [0.2, 0.25) is 0 Å². The van der Waals surface area contributed by atoms with Crippen LogP contribution in [0.25, 0.3) is 5.52 Å². The lowest BCUT2D eigenvalue weighted by atomic mass is 10.3. The summed E-state index contributed by atoms with van der Waals surface area (Å²) in [5, 5.41) is 5.86. The van der Waals surface area contributed by atoms with E-state index in [-0.39, 0.29) is 11.9 Å². The molecular formula is C15H15N3OS2. The number of rotatable bonds is 5. The van der Waals surface area contributed by atoms with E-state index in [4.69, 9.17) is 0 Å². The Kier molecular flexibility index (Phi) is 4.26. The van der Waals surface area contributed by atoms with E-state index in [0.29, 0.717) is 5.75 Å². The second-order valence-corrected chi connectivity index (χ2v) is 6.55. The number of imidazole rings is 1. The van der Waals surface area contributed by atoms with E-state index in [0.717, 1.165) is 10.7 Å². The van der Waals surface area contributed by atoms with Crippen LogP contribution in [0.4, 0.5) is 0 Å². The molecule has 0 radical (unpaired) electrons. The second kappa shape index (κ2) is 6.32. The van der Waals surface area contributed by atoms with Crippen LogP contribution in [-0.2, 0) is 4.79 Å². The van der Waals surface area contributed by atoms with Gasteiger partial charge in [-0.2, -0.15) is 0 Å². The van der Waals surface area contributed by atoms with Crippen LogP contribution in [-0.4, -0.2) is 21.0 Å². The average molecular weight is 317 g/mol. The molecule has 0 spiro atoms. The normalized spacial score (nSPS) is 12.4. The summed E-state index contributed by atoms with van der Waals surface area (Å²) < 4.78 is 1.99. The highest BCUT2D eigenvalue weighted by Crippen LogP contribution is 2.20. The maximum absolute atomic E-state index is 12.0. The van der Waals surface area contributed by atoms with Crippen LogP contribution in [0.15, 0.2) is 53.3 Å². The number of amides is 1. The van der Waals surface area contributed by atoms with E-state index in [1.54, 1.807) is 11.3 Å². The SMILES string of the molecule is C[C@H](NC(=O)CSc1ncc2ccccn12)c1cccs1. The molecule has 1 N–H and O–H groups in total.